The van der Waals surface area contributed by atoms with Gasteiger partial charge in [0, 0.05) is 11.7 Å². The van der Waals surface area contributed by atoms with E-state index in [0.717, 1.165) is 23.3 Å². The maximum Gasteiger partial charge on any atom is 0.257 e. The number of benzene rings is 1. The fourth-order valence-electron chi connectivity index (χ4n) is 3.69. The molecule has 3 unspecified atom stereocenters. The number of carbonyl (C=O) groups excluding carboxylic acids is 1. The number of hydrogen-bond donors (Lipinski definition) is 4. The van der Waals surface area contributed by atoms with Gasteiger partial charge >= 0.3 is 0 Å². The van der Waals surface area contributed by atoms with Gasteiger partial charge in [0.25, 0.3) is 5.91 Å². The summed E-state index contributed by atoms with van der Waals surface area (Å²) in [7, 11) is 1.62. The van der Waals surface area contributed by atoms with Gasteiger partial charge in [0.1, 0.15) is 5.75 Å². The van der Waals surface area contributed by atoms with E-state index in [-0.39, 0.29) is 12.5 Å². The molecule has 0 aliphatic heterocycles. The zero-order valence-corrected chi connectivity index (χ0v) is 14.6. The molecular weight excluding hydrogens is 324 g/mol. The highest BCUT2D eigenvalue weighted by atomic mass is 32.1. The highest BCUT2D eigenvalue weighted by molar-refractivity contribution is 7.80. The Labute approximate surface area is 147 Å². The number of thiocarbonyl (C=S) groups is 1. The Balaban J connectivity index is 1.33. The number of anilines is 1. The van der Waals surface area contributed by atoms with Crippen LogP contribution < -0.4 is 26.2 Å². The van der Waals surface area contributed by atoms with Gasteiger partial charge in [-0.1, -0.05) is 6.42 Å². The minimum absolute atomic E-state index is 0.163. The molecule has 2 saturated carbocycles. The Morgan fingerprint density at radius 1 is 1.21 bits per heavy atom. The van der Waals surface area contributed by atoms with E-state index in [2.05, 4.69) is 21.5 Å². The van der Waals surface area contributed by atoms with Gasteiger partial charge in [-0.05, 0) is 67.6 Å². The van der Waals surface area contributed by atoms with Crippen molar-refractivity contribution >= 4 is 28.9 Å². The molecule has 0 radical (unpaired) electrons. The molecule has 24 heavy (non-hydrogen) atoms. The van der Waals surface area contributed by atoms with Gasteiger partial charge in [0.05, 0.1) is 13.7 Å². The molecule has 1 amide bonds. The molecule has 0 heterocycles. The molecule has 0 aromatic heterocycles. The van der Waals surface area contributed by atoms with Crippen LogP contribution in [0.3, 0.4) is 0 Å². The van der Waals surface area contributed by atoms with Crippen molar-refractivity contribution in [1.29, 1.82) is 0 Å². The van der Waals surface area contributed by atoms with Crippen molar-refractivity contribution in [2.24, 2.45) is 11.8 Å². The van der Waals surface area contributed by atoms with Crippen LogP contribution in [-0.4, -0.2) is 30.7 Å². The molecule has 130 valence electrons. The van der Waals surface area contributed by atoms with Gasteiger partial charge in [0.2, 0.25) is 0 Å². The highest BCUT2D eigenvalue weighted by Gasteiger charge is 2.39. The molecule has 2 fully saturated rings. The largest absolute Gasteiger partial charge is 0.497 e. The number of fused-ring (bicyclic) bond motifs is 2. The van der Waals surface area contributed by atoms with Crippen molar-refractivity contribution in [3.8, 4) is 5.75 Å². The third-order valence-corrected chi connectivity index (χ3v) is 5.13. The molecule has 3 rings (SSSR count). The van der Waals surface area contributed by atoms with E-state index in [1.807, 2.05) is 24.3 Å². The second-order valence-corrected chi connectivity index (χ2v) is 6.92. The molecule has 2 aliphatic rings. The number of hydrazine groups is 1. The third-order valence-electron chi connectivity index (χ3n) is 4.91. The number of amides is 1. The summed E-state index contributed by atoms with van der Waals surface area (Å²) in [5, 5.41) is 6.86. The Hall–Kier alpha value is -2.02. The lowest BCUT2D eigenvalue weighted by molar-refractivity contribution is -0.119. The number of hydrogen-bond acceptors (Lipinski definition) is 4. The highest BCUT2D eigenvalue weighted by Crippen LogP contribution is 2.44. The standard InChI is InChI=1S/C17H24N4O2S/c1-23-14-6-4-13(5-7-14)18-10-16(22)20-21-17(24)19-15-9-11-2-3-12(15)8-11/h4-7,11-12,15,18H,2-3,8-10H2,1H3,(H,20,22)(H2,19,21,24). The summed E-state index contributed by atoms with van der Waals surface area (Å²) in [6, 6.07) is 7.86. The van der Waals surface area contributed by atoms with Gasteiger partial charge in [-0.15, -0.1) is 0 Å². The van der Waals surface area contributed by atoms with Crippen LogP contribution >= 0.6 is 12.2 Å². The second-order valence-electron chi connectivity index (χ2n) is 6.51. The summed E-state index contributed by atoms with van der Waals surface area (Å²) in [4.78, 5) is 11.9. The Morgan fingerprint density at radius 3 is 2.62 bits per heavy atom. The van der Waals surface area contributed by atoms with Crippen LogP contribution in [0.2, 0.25) is 0 Å². The normalized spacial score (nSPS) is 24.3. The van der Waals surface area contributed by atoms with E-state index < -0.39 is 0 Å². The van der Waals surface area contributed by atoms with E-state index >= 15 is 0 Å². The molecular formula is C17H24N4O2S. The minimum Gasteiger partial charge on any atom is -0.497 e. The predicted molar refractivity (Wildman–Crippen MR) is 97.7 cm³/mol. The van der Waals surface area contributed by atoms with Crippen molar-refractivity contribution in [1.82, 2.24) is 16.2 Å². The number of carbonyl (C=O) groups is 1. The summed E-state index contributed by atoms with van der Waals surface area (Å²) >= 11 is 5.26. The first kappa shape index (κ1) is 16.8. The number of rotatable bonds is 5. The second kappa shape index (κ2) is 7.70. The quantitative estimate of drug-likeness (QED) is 0.480. The van der Waals surface area contributed by atoms with Crippen LogP contribution in [0.1, 0.15) is 25.7 Å². The van der Waals surface area contributed by atoms with Gasteiger partial charge in [0.15, 0.2) is 5.11 Å². The maximum atomic E-state index is 11.9. The average Bonchev–Trinajstić information content (AvgIpc) is 3.21. The lowest BCUT2D eigenvalue weighted by Gasteiger charge is -2.24. The summed E-state index contributed by atoms with van der Waals surface area (Å²) in [5.74, 6) is 2.20. The summed E-state index contributed by atoms with van der Waals surface area (Å²) in [6.07, 6.45) is 5.16. The lowest BCUT2D eigenvalue weighted by atomic mass is 9.96. The Kier molecular flexibility index (Phi) is 5.40. The van der Waals surface area contributed by atoms with Crippen molar-refractivity contribution in [3.05, 3.63) is 24.3 Å². The SMILES string of the molecule is COc1ccc(NCC(=O)NNC(=S)NC2CC3CCC2C3)cc1. The molecule has 3 atom stereocenters. The summed E-state index contributed by atoms with van der Waals surface area (Å²) < 4.78 is 5.09. The first-order valence-corrected chi connectivity index (χ1v) is 8.78. The van der Waals surface area contributed by atoms with Crippen molar-refractivity contribution in [2.75, 3.05) is 19.0 Å². The maximum absolute atomic E-state index is 11.9. The lowest BCUT2D eigenvalue weighted by Crippen LogP contribution is -2.51. The fourth-order valence-corrected chi connectivity index (χ4v) is 3.89. The van der Waals surface area contributed by atoms with Crippen molar-refractivity contribution < 1.29 is 9.53 Å². The van der Waals surface area contributed by atoms with Crippen LogP contribution in [-0.2, 0) is 4.79 Å². The number of nitrogens with one attached hydrogen (secondary N) is 4. The summed E-state index contributed by atoms with van der Waals surface area (Å²) in [5.41, 5.74) is 6.25. The number of ether oxygens (including phenoxy) is 1. The van der Waals surface area contributed by atoms with Gasteiger partial charge in [-0.2, -0.15) is 0 Å². The molecule has 2 aliphatic carbocycles. The molecule has 6 nitrogen and oxygen atoms in total. The summed E-state index contributed by atoms with van der Waals surface area (Å²) in [6.45, 7) is 0.163. The first-order chi connectivity index (χ1) is 11.6. The molecule has 7 heteroatoms. The van der Waals surface area contributed by atoms with Gasteiger partial charge in [-0.3, -0.25) is 15.6 Å². The Morgan fingerprint density at radius 2 is 2.00 bits per heavy atom. The molecule has 0 spiro atoms. The molecule has 1 aromatic rings. The fraction of sp³-hybridized carbons (Fsp3) is 0.529. The van der Waals surface area contributed by atoms with Crippen LogP contribution in [0.5, 0.6) is 5.75 Å². The molecule has 1 aromatic carbocycles. The third kappa shape index (κ3) is 4.29. The smallest absolute Gasteiger partial charge is 0.257 e. The number of methoxy groups -OCH3 is 1. The monoisotopic (exact) mass is 348 g/mol. The average molecular weight is 348 g/mol. The minimum atomic E-state index is -0.178. The molecule has 2 bridgehead atoms. The van der Waals surface area contributed by atoms with Crippen LogP contribution in [0, 0.1) is 11.8 Å². The molecule has 4 N–H and O–H groups in total. The van der Waals surface area contributed by atoms with Crippen molar-refractivity contribution in [2.45, 2.75) is 31.7 Å². The predicted octanol–water partition coefficient (Wildman–Crippen LogP) is 1.79. The van der Waals surface area contributed by atoms with E-state index in [9.17, 15) is 4.79 Å². The van der Waals surface area contributed by atoms with E-state index in [0.29, 0.717) is 11.2 Å². The van der Waals surface area contributed by atoms with E-state index in [1.54, 1.807) is 7.11 Å². The van der Waals surface area contributed by atoms with E-state index in [1.165, 1.54) is 25.7 Å². The Bertz CT molecular complexity index is 593. The van der Waals surface area contributed by atoms with Crippen molar-refractivity contribution in [3.63, 3.8) is 0 Å². The van der Waals surface area contributed by atoms with Crippen LogP contribution in [0.25, 0.3) is 0 Å². The zero-order valence-electron chi connectivity index (χ0n) is 13.8. The first-order valence-electron chi connectivity index (χ1n) is 8.37. The topological polar surface area (TPSA) is 74.4 Å². The van der Waals surface area contributed by atoms with E-state index in [4.69, 9.17) is 17.0 Å². The zero-order chi connectivity index (χ0) is 16.9. The molecule has 0 saturated heterocycles. The van der Waals surface area contributed by atoms with Crippen LogP contribution in [0.15, 0.2) is 24.3 Å². The van der Waals surface area contributed by atoms with Gasteiger partial charge < -0.3 is 15.4 Å². The van der Waals surface area contributed by atoms with Gasteiger partial charge in [-0.25, -0.2) is 0 Å². The van der Waals surface area contributed by atoms with Crippen LogP contribution in [0.4, 0.5) is 5.69 Å².